The molecule has 0 aliphatic rings. The van der Waals surface area contributed by atoms with Crippen molar-refractivity contribution < 1.29 is 14.6 Å². The van der Waals surface area contributed by atoms with Crippen molar-refractivity contribution in [2.45, 2.75) is 38.5 Å². The van der Waals surface area contributed by atoms with Crippen molar-refractivity contribution in [2.75, 3.05) is 6.61 Å². The van der Waals surface area contributed by atoms with Crippen LogP contribution in [0.5, 0.6) is 0 Å². The molecule has 0 fully saturated rings. The van der Waals surface area contributed by atoms with E-state index in [1.165, 1.54) is 0 Å². The average Bonchev–Trinajstić information content (AvgIpc) is 1.99. The zero-order valence-corrected chi connectivity index (χ0v) is 10.3. The fourth-order valence-corrected chi connectivity index (χ4v) is 1.26. The van der Waals surface area contributed by atoms with Gasteiger partial charge >= 0.3 is 6.09 Å². The predicted octanol–water partition coefficient (Wildman–Crippen LogP) is 1.35. The number of hydrogen-bond donors (Lipinski definition) is 2. The van der Waals surface area contributed by atoms with Crippen molar-refractivity contribution >= 4 is 23.0 Å². The monoisotopic (exact) mass is 234 g/mol. The van der Waals surface area contributed by atoms with Gasteiger partial charge in [-0.2, -0.15) is 4.99 Å². The molecule has 1 atom stereocenters. The molecule has 0 saturated carbocycles. The van der Waals surface area contributed by atoms with Gasteiger partial charge in [0.1, 0.15) is 5.60 Å². The van der Waals surface area contributed by atoms with E-state index in [0.717, 1.165) is 11.8 Å². The summed E-state index contributed by atoms with van der Waals surface area (Å²) in [5, 5.41) is 8.77. The van der Waals surface area contributed by atoms with E-state index in [4.69, 9.17) is 15.6 Å². The quantitative estimate of drug-likeness (QED) is 0.556. The van der Waals surface area contributed by atoms with Gasteiger partial charge in [0.15, 0.2) is 5.17 Å². The Hall–Kier alpha value is -0.750. The first kappa shape index (κ1) is 14.2. The van der Waals surface area contributed by atoms with Gasteiger partial charge in [-0.25, -0.2) is 4.79 Å². The summed E-state index contributed by atoms with van der Waals surface area (Å²) in [6.45, 7) is 7.01. The molecule has 6 heteroatoms. The number of nitrogens with two attached hydrogens (primary N) is 1. The summed E-state index contributed by atoms with van der Waals surface area (Å²) in [5.41, 5.74) is 4.90. The first-order valence-corrected chi connectivity index (χ1v) is 5.47. The van der Waals surface area contributed by atoms with E-state index in [9.17, 15) is 4.79 Å². The summed E-state index contributed by atoms with van der Waals surface area (Å²) >= 11 is 1.13. The highest BCUT2D eigenvalue weighted by Crippen LogP contribution is 2.11. The van der Waals surface area contributed by atoms with Crippen LogP contribution in [0.25, 0.3) is 0 Å². The van der Waals surface area contributed by atoms with Crippen molar-refractivity contribution in [3.05, 3.63) is 0 Å². The average molecular weight is 234 g/mol. The van der Waals surface area contributed by atoms with Crippen molar-refractivity contribution in [1.82, 2.24) is 0 Å². The number of nitrogens with zero attached hydrogens (tertiary/aromatic N) is 1. The Morgan fingerprint density at radius 1 is 1.60 bits per heavy atom. The van der Waals surface area contributed by atoms with E-state index in [0.29, 0.717) is 0 Å². The van der Waals surface area contributed by atoms with E-state index >= 15 is 0 Å². The summed E-state index contributed by atoms with van der Waals surface area (Å²) in [5.74, 6) is 0. The van der Waals surface area contributed by atoms with Crippen LogP contribution in [-0.2, 0) is 4.74 Å². The summed E-state index contributed by atoms with van der Waals surface area (Å²) in [6, 6.07) is 0. The molecule has 88 valence electrons. The highest BCUT2D eigenvalue weighted by Gasteiger charge is 2.16. The van der Waals surface area contributed by atoms with Crippen LogP contribution in [0.2, 0.25) is 0 Å². The molecule has 1 amide bonds. The minimum absolute atomic E-state index is 0.0186. The van der Waals surface area contributed by atoms with Gasteiger partial charge in [-0.05, 0) is 20.8 Å². The van der Waals surface area contributed by atoms with E-state index < -0.39 is 11.7 Å². The van der Waals surface area contributed by atoms with Crippen LogP contribution in [0.1, 0.15) is 27.7 Å². The maximum atomic E-state index is 11.2. The van der Waals surface area contributed by atoms with Crippen LogP contribution in [0.15, 0.2) is 4.99 Å². The second-order valence-corrected chi connectivity index (χ2v) is 5.50. The minimum atomic E-state index is -0.711. The molecule has 0 saturated heterocycles. The Kier molecular flexibility index (Phi) is 5.67. The van der Waals surface area contributed by atoms with Gasteiger partial charge in [0, 0.05) is 5.25 Å². The fraction of sp³-hybridized carbons (Fsp3) is 0.778. The SMILES string of the molecule is CC(CO)SC(N)=NC(=O)OC(C)(C)C. The van der Waals surface area contributed by atoms with E-state index in [-0.39, 0.29) is 17.0 Å². The Bertz CT molecular complexity index is 248. The molecule has 0 aromatic heterocycles. The van der Waals surface area contributed by atoms with Crippen molar-refractivity contribution in [2.24, 2.45) is 10.7 Å². The van der Waals surface area contributed by atoms with Gasteiger partial charge < -0.3 is 15.6 Å². The third-order valence-electron chi connectivity index (χ3n) is 1.17. The lowest BCUT2D eigenvalue weighted by Crippen LogP contribution is -2.24. The van der Waals surface area contributed by atoms with Crippen LogP contribution >= 0.6 is 11.8 Å². The number of aliphatic hydroxyl groups is 1. The van der Waals surface area contributed by atoms with Gasteiger partial charge in [0.25, 0.3) is 0 Å². The maximum Gasteiger partial charge on any atom is 0.436 e. The fourth-order valence-electron chi connectivity index (χ4n) is 0.644. The normalized spacial score (nSPS) is 14.9. The van der Waals surface area contributed by atoms with Crippen molar-refractivity contribution in [1.29, 1.82) is 0 Å². The Morgan fingerprint density at radius 3 is 2.53 bits per heavy atom. The van der Waals surface area contributed by atoms with Crippen LogP contribution in [0.3, 0.4) is 0 Å². The standard InChI is InChI=1S/C9H18N2O3S/c1-6(5-12)15-7(10)11-8(13)14-9(2,3)4/h6,12H,5H2,1-4H3,(H2,10,11,13). The molecule has 0 aliphatic heterocycles. The highest BCUT2D eigenvalue weighted by atomic mass is 32.2. The molecule has 15 heavy (non-hydrogen) atoms. The highest BCUT2D eigenvalue weighted by molar-refractivity contribution is 8.14. The van der Waals surface area contributed by atoms with Crippen molar-refractivity contribution in [3.8, 4) is 0 Å². The lowest BCUT2D eigenvalue weighted by atomic mass is 10.2. The van der Waals surface area contributed by atoms with Crippen LogP contribution in [0.4, 0.5) is 4.79 Å². The van der Waals surface area contributed by atoms with Crippen LogP contribution in [0, 0.1) is 0 Å². The molecular formula is C9H18N2O3S. The minimum Gasteiger partial charge on any atom is -0.442 e. The van der Waals surface area contributed by atoms with E-state index in [1.54, 1.807) is 27.7 Å². The first-order valence-electron chi connectivity index (χ1n) is 4.59. The molecular weight excluding hydrogens is 216 g/mol. The molecule has 0 bridgehead atoms. The lowest BCUT2D eigenvalue weighted by Gasteiger charge is -2.17. The Morgan fingerprint density at radius 2 is 2.13 bits per heavy atom. The summed E-state index contributed by atoms with van der Waals surface area (Å²) in [4.78, 5) is 14.7. The van der Waals surface area contributed by atoms with E-state index in [1.807, 2.05) is 0 Å². The molecule has 0 aliphatic carbocycles. The number of thioether (sulfide) groups is 1. The van der Waals surface area contributed by atoms with Crippen LogP contribution < -0.4 is 5.73 Å². The second-order valence-electron chi connectivity index (χ2n) is 4.04. The molecule has 0 aromatic rings. The smallest absolute Gasteiger partial charge is 0.436 e. The maximum absolute atomic E-state index is 11.2. The number of ether oxygens (including phenoxy) is 1. The Labute approximate surface area is 94.1 Å². The molecule has 0 spiro atoms. The van der Waals surface area contributed by atoms with Gasteiger partial charge in [-0.15, -0.1) is 0 Å². The molecule has 0 aromatic carbocycles. The number of amides is 1. The topological polar surface area (TPSA) is 84.9 Å². The number of carbonyl (C=O) groups excluding carboxylic acids is 1. The number of carbonyl (C=O) groups is 1. The van der Waals surface area contributed by atoms with Gasteiger partial charge in [0.05, 0.1) is 6.61 Å². The number of aliphatic imine (C=N–C) groups is 1. The van der Waals surface area contributed by atoms with Gasteiger partial charge in [0.2, 0.25) is 0 Å². The molecule has 3 N–H and O–H groups in total. The number of hydrogen-bond acceptors (Lipinski definition) is 4. The predicted molar refractivity (Wildman–Crippen MR) is 62.0 cm³/mol. The molecule has 0 heterocycles. The zero-order chi connectivity index (χ0) is 12.1. The third kappa shape index (κ3) is 8.26. The summed E-state index contributed by atoms with van der Waals surface area (Å²) < 4.78 is 4.94. The third-order valence-corrected chi connectivity index (χ3v) is 2.06. The van der Waals surface area contributed by atoms with Gasteiger partial charge in [-0.1, -0.05) is 18.7 Å². The zero-order valence-electron chi connectivity index (χ0n) is 9.48. The second kappa shape index (κ2) is 5.97. The summed E-state index contributed by atoms with van der Waals surface area (Å²) in [6.07, 6.45) is -0.711. The summed E-state index contributed by atoms with van der Waals surface area (Å²) in [7, 11) is 0. The van der Waals surface area contributed by atoms with Crippen LogP contribution in [-0.4, -0.2) is 33.8 Å². The molecule has 0 radical (unpaired) electrons. The van der Waals surface area contributed by atoms with Crippen molar-refractivity contribution in [3.63, 3.8) is 0 Å². The molecule has 5 nitrogen and oxygen atoms in total. The lowest BCUT2D eigenvalue weighted by molar-refractivity contribution is 0.0604. The number of rotatable bonds is 2. The van der Waals surface area contributed by atoms with Gasteiger partial charge in [-0.3, -0.25) is 0 Å². The van der Waals surface area contributed by atoms with E-state index in [2.05, 4.69) is 4.99 Å². The molecule has 1 unspecified atom stereocenters. The number of aliphatic hydroxyl groups excluding tert-OH is 1. The molecule has 0 rings (SSSR count). The number of amidine groups is 1. The largest absolute Gasteiger partial charge is 0.442 e. The Balaban J connectivity index is 4.18. The first-order chi connectivity index (χ1) is 6.74.